The van der Waals surface area contributed by atoms with E-state index in [4.69, 9.17) is 0 Å². The molecule has 2 rings (SSSR count). The second-order valence-corrected chi connectivity index (χ2v) is 7.37. The summed E-state index contributed by atoms with van der Waals surface area (Å²) >= 11 is 0. The van der Waals surface area contributed by atoms with Crippen molar-refractivity contribution in [3.63, 3.8) is 0 Å². The largest absolute Gasteiger partial charge is 0.299 e. The summed E-state index contributed by atoms with van der Waals surface area (Å²) in [4.78, 5) is 2.28. The fourth-order valence-electron chi connectivity index (χ4n) is 2.28. The number of aromatic nitrogens is 2. The molecule has 0 saturated carbocycles. The molecule has 0 bridgehead atoms. The SMILES string of the molecule is Cc1ccnn1CCN1CCN(S(=O)(=O)N(C)C)CC1. The first-order valence-electron chi connectivity index (χ1n) is 6.79. The molecule has 1 aliphatic rings. The van der Waals surface area contributed by atoms with E-state index in [1.54, 1.807) is 24.6 Å². The second kappa shape index (κ2) is 6.21. The molecule has 20 heavy (non-hydrogen) atoms. The molecule has 7 nitrogen and oxygen atoms in total. The smallest absolute Gasteiger partial charge is 0.281 e. The van der Waals surface area contributed by atoms with Crippen LogP contribution in [-0.4, -0.2) is 78.5 Å². The molecule has 1 aromatic rings. The van der Waals surface area contributed by atoms with E-state index < -0.39 is 10.2 Å². The number of hydrogen-bond acceptors (Lipinski definition) is 4. The van der Waals surface area contributed by atoms with Gasteiger partial charge in [-0.25, -0.2) is 0 Å². The van der Waals surface area contributed by atoms with Gasteiger partial charge in [-0.3, -0.25) is 9.58 Å². The van der Waals surface area contributed by atoms with Crippen LogP contribution in [0.3, 0.4) is 0 Å². The van der Waals surface area contributed by atoms with E-state index in [0.29, 0.717) is 13.1 Å². The van der Waals surface area contributed by atoms with E-state index in [-0.39, 0.29) is 0 Å². The topological polar surface area (TPSA) is 61.7 Å². The lowest BCUT2D eigenvalue weighted by atomic mass is 10.3. The van der Waals surface area contributed by atoms with Crippen LogP contribution < -0.4 is 0 Å². The minimum absolute atomic E-state index is 0.554. The Balaban J connectivity index is 1.82. The number of rotatable bonds is 5. The van der Waals surface area contributed by atoms with Crippen molar-refractivity contribution in [3.8, 4) is 0 Å². The lowest BCUT2D eigenvalue weighted by Crippen LogP contribution is -2.52. The van der Waals surface area contributed by atoms with E-state index in [0.717, 1.165) is 31.9 Å². The molecular formula is C12H23N5O2S. The van der Waals surface area contributed by atoms with Gasteiger partial charge in [0, 0.05) is 58.7 Å². The van der Waals surface area contributed by atoms with Crippen LogP contribution in [0.15, 0.2) is 12.3 Å². The first-order valence-corrected chi connectivity index (χ1v) is 8.19. The molecule has 8 heteroatoms. The predicted octanol–water partition coefficient (Wildman–Crippen LogP) is -0.384. The summed E-state index contributed by atoms with van der Waals surface area (Å²) in [6.45, 7) is 6.43. The van der Waals surface area contributed by atoms with Crippen molar-refractivity contribution in [1.29, 1.82) is 0 Å². The van der Waals surface area contributed by atoms with E-state index in [1.807, 2.05) is 17.7 Å². The van der Waals surface area contributed by atoms with E-state index in [9.17, 15) is 8.42 Å². The Bertz CT molecular complexity index is 532. The molecule has 2 heterocycles. The second-order valence-electron chi connectivity index (χ2n) is 5.23. The molecule has 0 atom stereocenters. The van der Waals surface area contributed by atoms with Gasteiger partial charge in [0.2, 0.25) is 0 Å². The molecule has 0 unspecified atom stereocenters. The predicted molar refractivity (Wildman–Crippen MR) is 77.6 cm³/mol. The van der Waals surface area contributed by atoms with Gasteiger partial charge in [0.1, 0.15) is 0 Å². The molecule has 0 spiro atoms. The summed E-state index contributed by atoms with van der Waals surface area (Å²) in [5, 5.41) is 4.25. The highest BCUT2D eigenvalue weighted by Gasteiger charge is 2.28. The van der Waals surface area contributed by atoms with Gasteiger partial charge in [-0.05, 0) is 13.0 Å². The Kier molecular flexibility index (Phi) is 4.79. The molecule has 0 radical (unpaired) electrons. The number of nitrogens with zero attached hydrogens (tertiary/aromatic N) is 5. The summed E-state index contributed by atoms with van der Waals surface area (Å²) in [6.07, 6.45) is 1.80. The maximum Gasteiger partial charge on any atom is 0.281 e. The highest BCUT2D eigenvalue weighted by molar-refractivity contribution is 7.86. The standard InChI is InChI=1S/C12H23N5O2S/c1-12-4-5-13-17(12)11-8-15-6-9-16(10-7-15)20(18,19)14(2)3/h4-5H,6-11H2,1-3H3. The van der Waals surface area contributed by atoms with Gasteiger partial charge in [-0.1, -0.05) is 0 Å². The summed E-state index contributed by atoms with van der Waals surface area (Å²) in [6, 6.07) is 1.99. The van der Waals surface area contributed by atoms with Gasteiger partial charge < -0.3 is 0 Å². The normalized spacial score (nSPS) is 18.8. The maximum atomic E-state index is 12.0. The zero-order valence-corrected chi connectivity index (χ0v) is 13.2. The molecule has 0 amide bonds. The summed E-state index contributed by atoms with van der Waals surface area (Å²) in [7, 11) is -0.123. The van der Waals surface area contributed by atoms with Crippen LogP contribution in [0.2, 0.25) is 0 Å². The van der Waals surface area contributed by atoms with Crippen molar-refractivity contribution in [1.82, 2.24) is 23.3 Å². The van der Waals surface area contributed by atoms with Crippen molar-refractivity contribution < 1.29 is 8.42 Å². The zero-order valence-electron chi connectivity index (χ0n) is 12.4. The van der Waals surface area contributed by atoms with Crippen molar-refractivity contribution >= 4 is 10.2 Å². The Morgan fingerprint density at radius 3 is 2.35 bits per heavy atom. The Morgan fingerprint density at radius 1 is 1.20 bits per heavy atom. The average Bonchev–Trinajstić information content (AvgIpc) is 2.82. The molecule has 1 saturated heterocycles. The Morgan fingerprint density at radius 2 is 1.85 bits per heavy atom. The molecule has 0 aromatic carbocycles. The summed E-state index contributed by atoms with van der Waals surface area (Å²) < 4.78 is 28.8. The van der Waals surface area contributed by atoms with Crippen molar-refractivity contribution in [3.05, 3.63) is 18.0 Å². The van der Waals surface area contributed by atoms with Crippen LogP contribution in [-0.2, 0) is 16.8 Å². The van der Waals surface area contributed by atoms with E-state index >= 15 is 0 Å². The first kappa shape index (κ1) is 15.4. The van der Waals surface area contributed by atoms with Crippen LogP contribution in [0.25, 0.3) is 0 Å². The number of piperazine rings is 1. The highest BCUT2D eigenvalue weighted by Crippen LogP contribution is 2.09. The number of hydrogen-bond donors (Lipinski definition) is 0. The van der Waals surface area contributed by atoms with Crippen LogP contribution in [0.1, 0.15) is 5.69 Å². The fraction of sp³-hybridized carbons (Fsp3) is 0.750. The first-order chi connectivity index (χ1) is 9.41. The average molecular weight is 301 g/mol. The quantitative estimate of drug-likeness (QED) is 0.743. The van der Waals surface area contributed by atoms with E-state index in [2.05, 4.69) is 10.00 Å². The zero-order chi connectivity index (χ0) is 14.8. The monoisotopic (exact) mass is 301 g/mol. The molecular weight excluding hydrogens is 278 g/mol. The van der Waals surface area contributed by atoms with Crippen molar-refractivity contribution in [2.24, 2.45) is 0 Å². The van der Waals surface area contributed by atoms with Gasteiger partial charge >= 0.3 is 0 Å². The van der Waals surface area contributed by atoms with Gasteiger partial charge in [0.15, 0.2) is 0 Å². The van der Waals surface area contributed by atoms with Crippen LogP contribution in [0.5, 0.6) is 0 Å². The maximum absolute atomic E-state index is 12.0. The molecule has 1 fully saturated rings. The third kappa shape index (κ3) is 3.38. The lowest BCUT2D eigenvalue weighted by Gasteiger charge is -2.35. The Hall–Kier alpha value is -0.960. The molecule has 0 N–H and O–H groups in total. The van der Waals surface area contributed by atoms with Crippen LogP contribution in [0.4, 0.5) is 0 Å². The molecule has 1 aromatic heterocycles. The number of aryl methyl sites for hydroxylation is 1. The minimum Gasteiger partial charge on any atom is -0.299 e. The third-order valence-corrected chi connectivity index (χ3v) is 5.62. The van der Waals surface area contributed by atoms with Crippen LogP contribution in [0, 0.1) is 6.92 Å². The summed E-state index contributed by atoms with van der Waals surface area (Å²) in [5.74, 6) is 0. The minimum atomic E-state index is -3.27. The molecule has 1 aliphatic heterocycles. The van der Waals surface area contributed by atoms with Gasteiger partial charge in [0.25, 0.3) is 10.2 Å². The molecule has 0 aliphatic carbocycles. The van der Waals surface area contributed by atoms with E-state index in [1.165, 1.54) is 4.31 Å². The summed E-state index contributed by atoms with van der Waals surface area (Å²) in [5.41, 5.74) is 1.15. The van der Waals surface area contributed by atoms with Gasteiger partial charge in [0.05, 0.1) is 6.54 Å². The van der Waals surface area contributed by atoms with Crippen LogP contribution >= 0.6 is 0 Å². The Labute approximate surface area is 120 Å². The van der Waals surface area contributed by atoms with Crippen molar-refractivity contribution in [2.45, 2.75) is 13.5 Å². The van der Waals surface area contributed by atoms with Gasteiger partial charge in [-0.15, -0.1) is 0 Å². The fourth-order valence-corrected chi connectivity index (χ4v) is 3.37. The van der Waals surface area contributed by atoms with Crippen molar-refractivity contribution in [2.75, 3.05) is 46.8 Å². The molecule has 114 valence electrons. The van der Waals surface area contributed by atoms with Gasteiger partial charge in [-0.2, -0.15) is 22.1 Å². The highest BCUT2D eigenvalue weighted by atomic mass is 32.2. The lowest BCUT2D eigenvalue weighted by molar-refractivity contribution is 0.176. The third-order valence-electron chi connectivity index (χ3n) is 3.68.